The van der Waals surface area contributed by atoms with Crippen molar-refractivity contribution in [2.45, 2.75) is 31.5 Å². The van der Waals surface area contributed by atoms with Crippen molar-refractivity contribution < 1.29 is 36.2 Å². The molecule has 6 nitrogen and oxygen atoms in total. The lowest BCUT2D eigenvalue weighted by molar-refractivity contribution is -0.187. The van der Waals surface area contributed by atoms with E-state index in [9.17, 15) is 26.4 Å². The highest BCUT2D eigenvalue weighted by Crippen LogP contribution is 2.38. The second-order valence-corrected chi connectivity index (χ2v) is 7.69. The van der Waals surface area contributed by atoms with Gasteiger partial charge in [-0.05, 0) is 19.3 Å². The van der Waals surface area contributed by atoms with E-state index in [1.807, 2.05) is 0 Å². The van der Waals surface area contributed by atoms with Crippen molar-refractivity contribution in [1.29, 1.82) is 0 Å². The van der Waals surface area contributed by atoms with E-state index in [-0.39, 0.29) is 0 Å². The first kappa shape index (κ1) is 17.5. The van der Waals surface area contributed by atoms with Crippen molar-refractivity contribution in [3.05, 3.63) is 0 Å². The Kier molecular flexibility index (Phi) is 5.03. The molecule has 10 heteroatoms. The van der Waals surface area contributed by atoms with E-state index in [0.29, 0.717) is 17.3 Å². The molecule has 0 radical (unpaired) electrons. The lowest BCUT2D eigenvalue weighted by Crippen LogP contribution is -2.38. The molecule has 2 aliphatic heterocycles. The fourth-order valence-corrected chi connectivity index (χ4v) is 4.57. The summed E-state index contributed by atoms with van der Waals surface area (Å²) in [4.78, 5) is 11.0. The number of sulfonamides is 1. The number of carboxylic acids is 1. The largest absolute Gasteiger partial charge is 0.481 e. The van der Waals surface area contributed by atoms with Crippen LogP contribution < -0.4 is 0 Å². The van der Waals surface area contributed by atoms with Gasteiger partial charge in [0.2, 0.25) is 10.0 Å². The number of carboxylic acid groups (broad SMARTS) is 1. The van der Waals surface area contributed by atoms with Gasteiger partial charge in [-0.15, -0.1) is 0 Å². The van der Waals surface area contributed by atoms with Crippen LogP contribution in [0.4, 0.5) is 13.2 Å². The number of halogens is 3. The van der Waals surface area contributed by atoms with Crippen LogP contribution in [0, 0.1) is 11.8 Å². The van der Waals surface area contributed by atoms with E-state index in [0.717, 1.165) is 12.8 Å². The number of hydrogen-bond donors (Lipinski definition) is 1. The zero-order valence-corrected chi connectivity index (χ0v) is 12.6. The fourth-order valence-electron chi connectivity index (χ4n) is 2.86. The van der Waals surface area contributed by atoms with Crippen LogP contribution in [0.3, 0.4) is 0 Å². The van der Waals surface area contributed by atoms with Gasteiger partial charge in [-0.25, -0.2) is 12.7 Å². The highest BCUT2D eigenvalue weighted by Gasteiger charge is 2.54. The average Bonchev–Trinajstić information content (AvgIpc) is 2.85. The third-order valence-electron chi connectivity index (χ3n) is 4.09. The number of carbonyl (C=O) groups is 1. The van der Waals surface area contributed by atoms with E-state index in [1.54, 1.807) is 0 Å². The molecule has 0 spiro atoms. The maximum atomic E-state index is 12.9. The van der Waals surface area contributed by atoms with E-state index in [1.165, 1.54) is 0 Å². The SMILES string of the molecule is O=C(O)[C@@H]1CN(S(=O)(=O)CC2CCCCO2)C[C@H]1C(F)(F)F. The van der Waals surface area contributed by atoms with Crippen molar-refractivity contribution >= 4 is 16.0 Å². The molecule has 0 aliphatic carbocycles. The highest BCUT2D eigenvalue weighted by atomic mass is 32.2. The lowest BCUT2D eigenvalue weighted by atomic mass is 9.96. The van der Waals surface area contributed by atoms with Gasteiger partial charge in [0.25, 0.3) is 0 Å². The van der Waals surface area contributed by atoms with Gasteiger partial charge >= 0.3 is 12.1 Å². The first-order valence-electron chi connectivity index (χ1n) is 7.00. The van der Waals surface area contributed by atoms with E-state index >= 15 is 0 Å². The molecule has 0 saturated carbocycles. The van der Waals surface area contributed by atoms with Crippen molar-refractivity contribution in [3.8, 4) is 0 Å². The molecule has 2 aliphatic rings. The molecular formula is C12H18F3NO5S. The number of ether oxygens (including phenoxy) is 1. The quantitative estimate of drug-likeness (QED) is 0.824. The van der Waals surface area contributed by atoms with Gasteiger partial charge in [0.15, 0.2) is 0 Å². The summed E-state index contributed by atoms with van der Waals surface area (Å²) in [6.07, 6.45) is -3.10. The Morgan fingerprint density at radius 2 is 1.95 bits per heavy atom. The summed E-state index contributed by atoms with van der Waals surface area (Å²) >= 11 is 0. The molecule has 0 aromatic heterocycles. The Balaban J connectivity index is 2.09. The summed E-state index contributed by atoms with van der Waals surface area (Å²) in [5, 5.41) is 8.91. The van der Waals surface area contributed by atoms with E-state index in [2.05, 4.69) is 0 Å². The van der Waals surface area contributed by atoms with Gasteiger partial charge in [-0.1, -0.05) is 0 Å². The molecule has 1 unspecified atom stereocenters. The van der Waals surface area contributed by atoms with Crippen LogP contribution in [0.1, 0.15) is 19.3 Å². The number of alkyl halides is 3. The summed E-state index contributed by atoms with van der Waals surface area (Å²) in [6, 6.07) is 0. The number of hydrogen-bond acceptors (Lipinski definition) is 4. The molecular weight excluding hydrogens is 327 g/mol. The molecule has 2 fully saturated rings. The normalized spacial score (nSPS) is 31.3. The van der Waals surface area contributed by atoms with Crippen LogP contribution in [-0.2, 0) is 19.6 Å². The fraction of sp³-hybridized carbons (Fsp3) is 0.917. The first-order chi connectivity index (χ1) is 10.1. The smallest absolute Gasteiger partial charge is 0.393 e. The topological polar surface area (TPSA) is 83.9 Å². The molecule has 22 heavy (non-hydrogen) atoms. The Morgan fingerprint density at radius 1 is 1.27 bits per heavy atom. The number of aliphatic carboxylic acids is 1. The minimum absolute atomic E-state index is 0.399. The predicted molar refractivity (Wildman–Crippen MR) is 69.6 cm³/mol. The standard InChI is InChI=1S/C12H18F3NO5S/c13-12(14,15)10-6-16(5-9(10)11(17)18)22(19,20)7-8-3-1-2-4-21-8/h8-10H,1-7H2,(H,17,18)/t8?,9-,10-/m1/s1. The molecule has 128 valence electrons. The average molecular weight is 345 g/mol. The molecule has 3 atom stereocenters. The Labute approximate surface area is 126 Å². The van der Waals surface area contributed by atoms with E-state index < -0.39 is 59.0 Å². The molecule has 2 heterocycles. The Morgan fingerprint density at radius 3 is 2.41 bits per heavy atom. The zero-order chi connectivity index (χ0) is 16.5. The van der Waals surface area contributed by atoms with Crippen molar-refractivity contribution in [1.82, 2.24) is 4.31 Å². The molecule has 1 N–H and O–H groups in total. The van der Waals surface area contributed by atoms with Gasteiger partial charge < -0.3 is 9.84 Å². The second kappa shape index (κ2) is 6.32. The molecule has 2 saturated heterocycles. The summed E-state index contributed by atoms with van der Waals surface area (Å²) in [6.45, 7) is -1.05. The monoisotopic (exact) mass is 345 g/mol. The van der Waals surface area contributed by atoms with E-state index in [4.69, 9.17) is 9.84 Å². The molecule has 2 rings (SSSR count). The summed E-state index contributed by atoms with van der Waals surface area (Å²) in [5.41, 5.74) is 0. The molecule has 0 bridgehead atoms. The van der Waals surface area contributed by atoms with Crippen LogP contribution in [0.2, 0.25) is 0 Å². The van der Waals surface area contributed by atoms with Crippen molar-refractivity contribution in [3.63, 3.8) is 0 Å². The minimum atomic E-state index is -4.74. The van der Waals surface area contributed by atoms with Gasteiger partial charge in [-0.3, -0.25) is 4.79 Å². The third kappa shape index (κ3) is 3.90. The maximum absolute atomic E-state index is 12.9. The van der Waals surface area contributed by atoms with Gasteiger partial charge in [0.1, 0.15) is 0 Å². The van der Waals surface area contributed by atoms with Crippen LogP contribution >= 0.6 is 0 Å². The summed E-state index contributed by atoms with van der Waals surface area (Å²) in [7, 11) is -3.97. The van der Waals surface area contributed by atoms with Crippen LogP contribution in [0.5, 0.6) is 0 Å². The van der Waals surface area contributed by atoms with Gasteiger partial charge in [0, 0.05) is 19.7 Å². The van der Waals surface area contributed by atoms with Crippen LogP contribution in [0.15, 0.2) is 0 Å². The highest BCUT2D eigenvalue weighted by molar-refractivity contribution is 7.89. The number of rotatable bonds is 4. The third-order valence-corrected chi connectivity index (χ3v) is 5.97. The zero-order valence-electron chi connectivity index (χ0n) is 11.8. The molecule has 0 aromatic carbocycles. The maximum Gasteiger partial charge on any atom is 0.393 e. The van der Waals surface area contributed by atoms with Crippen molar-refractivity contribution in [2.24, 2.45) is 11.8 Å². The Hall–Kier alpha value is -0.870. The Bertz CT molecular complexity index is 515. The first-order valence-corrected chi connectivity index (χ1v) is 8.61. The van der Waals surface area contributed by atoms with Gasteiger partial charge in [-0.2, -0.15) is 13.2 Å². The molecule has 0 amide bonds. The predicted octanol–water partition coefficient (Wildman–Crippen LogP) is 1.08. The lowest BCUT2D eigenvalue weighted by Gasteiger charge is -2.25. The molecule has 0 aromatic rings. The summed E-state index contributed by atoms with van der Waals surface area (Å²) in [5.74, 6) is -5.97. The van der Waals surface area contributed by atoms with Crippen molar-refractivity contribution in [2.75, 3.05) is 25.4 Å². The van der Waals surface area contributed by atoms with Crippen LogP contribution in [0.25, 0.3) is 0 Å². The summed E-state index contributed by atoms with van der Waals surface area (Å²) < 4.78 is 69.0. The second-order valence-electron chi connectivity index (χ2n) is 5.68. The number of nitrogens with zero attached hydrogens (tertiary/aromatic N) is 1. The van der Waals surface area contributed by atoms with Gasteiger partial charge in [0.05, 0.1) is 23.7 Å². The minimum Gasteiger partial charge on any atom is -0.481 e. The van der Waals surface area contributed by atoms with Crippen LogP contribution in [-0.4, -0.2) is 61.5 Å².